The lowest BCUT2D eigenvalue weighted by Crippen LogP contribution is -2.41. The number of amides is 2. The Kier molecular flexibility index (Phi) is 4.90. The third-order valence-electron chi connectivity index (χ3n) is 3.54. The number of aliphatic hydroxyl groups is 1. The van der Waals surface area contributed by atoms with E-state index in [1.54, 1.807) is 7.05 Å². The van der Waals surface area contributed by atoms with Gasteiger partial charge in [-0.25, -0.2) is 4.39 Å². The van der Waals surface area contributed by atoms with Crippen LogP contribution in [0, 0.1) is 11.7 Å². The molecule has 21 heavy (non-hydrogen) atoms. The second-order valence-electron chi connectivity index (χ2n) is 5.37. The topological polar surface area (TPSA) is 69.6 Å². The summed E-state index contributed by atoms with van der Waals surface area (Å²) in [4.78, 5) is 25.0. The van der Waals surface area contributed by atoms with E-state index >= 15 is 0 Å². The van der Waals surface area contributed by atoms with Crippen molar-refractivity contribution in [3.63, 3.8) is 0 Å². The molecule has 0 aliphatic heterocycles. The number of carbonyl (C=O) groups excluding carboxylic acids is 2. The molecule has 1 aliphatic rings. The van der Waals surface area contributed by atoms with Crippen LogP contribution in [0.1, 0.15) is 23.2 Å². The molecule has 1 saturated carbocycles. The highest BCUT2D eigenvalue weighted by Gasteiger charge is 2.31. The van der Waals surface area contributed by atoms with Crippen LogP contribution in [-0.2, 0) is 4.79 Å². The largest absolute Gasteiger partial charge is 0.391 e. The summed E-state index contributed by atoms with van der Waals surface area (Å²) in [5.41, 5.74) is 0.170. The van der Waals surface area contributed by atoms with Crippen molar-refractivity contribution in [3.05, 3.63) is 35.6 Å². The lowest BCUT2D eigenvalue weighted by molar-refractivity contribution is -0.130. The number of aliphatic hydroxyl groups excluding tert-OH is 1. The molecule has 1 aromatic rings. The van der Waals surface area contributed by atoms with Gasteiger partial charge in [-0.15, -0.1) is 0 Å². The van der Waals surface area contributed by atoms with Gasteiger partial charge in [0.15, 0.2) is 0 Å². The van der Waals surface area contributed by atoms with E-state index in [9.17, 15) is 19.1 Å². The Hall–Kier alpha value is -1.95. The van der Waals surface area contributed by atoms with Crippen LogP contribution in [0.3, 0.4) is 0 Å². The summed E-state index contributed by atoms with van der Waals surface area (Å²) in [5, 5.41) is 12.2. The average molecular weight is 294 g/mol. The van der Waals surface area contributed by atoms with Crippen molar-refractivity contribution in [3.8, 4) is 0 Å². The van der Waals surface area contributed by atoms with Gasteiger partial charge in [0.1, 0.15) is 5.82 Å². The van der Waals surface area contributed by atoms with Crippen molar-refractivity contribution in [2.24, 2.45) is 5.92 Å². The predicted octanol–water partition coefficient (Wildman–Crippen LogP) is 0.785. The average Bonchev–Trinajstić information content (AvgIpc) is 3.28. The first-order chi connectivity index (χ1) is 9.97. The number of hydrogen-bond acceptors (Lipinski definition) is 3. The van der Waals surface area contributed by atoms with Crippen LogP contribution in [0.15, 0.2) is 24.3 Å². The zero-order valence-corrected chi connectivity index (χ0v) is 11.9. The van der Waals surface area contributed by atoms with Crippen LogP contribution in [0.25, 0.3) is 0 Å². The maximum absolute atomic E-state index is 13.0. The number of benzene rings is 1. The van der Waals surface area contributed by atoms with Crippen LogP contribution < -0.4 is 5.32 Å². The third-order valence-corrected chi connectivity index (χ3v) is 3.54. The van der Waals surface area contributed by atoms with Crippen LogP contribution in [-0.4, -0.2) is 48.1 Å². The monoisotopic (exact) mass is 294 g/mol. The van der Waals surface area contributed by atoms with Crippen molar-refractivity contribution >= 4 is 11.8 Å². The lowest BCUT2D eigenvalue weighted by atomic mass is 10.2. The molecule has 0 aromatic heterocycles. The first-order valence-electron chi connectivity index (χ1n) is 6.93. The smallest absolute Gasteiger partial charge is 0.251 e. The Bertz CT molecular complexity index is 531. The standard InChI is InChI=1S/C15H19FN2O3/c1-18(9-13(19)10-5-6-10)14(20)8-17-15(21)11-3-2-4-12(16)7-11/h2-4,7,10,13,19H,5-6,8-9H2,1H3,(H,17,21). The quantitative estimate of drug-likeness (QED) is 0.815. The highest BCUT2D eigenvalue weighted by atomic mass is 19.1. The van der Waals surface area contributed by atoms with E-state index in [0.717, 1.165) is 18.9 Å². The Balaban J connectivity index is 1.78. The van der Waals surface area contributed by atoms with Crippen LogP contribution in [0.2, 0.25) is 0 Å². The number of halogens is 1. The van der Waals surface area contributed by atoms with E-state index in [4.69, 9.17) is 0 Å². The predicted molar refractivity (Wildman–Crippen MR) is 75.1 cm³/mol. The molecule has 1 fully saturated rings. The van der Waals surface area contributed by atoms with E-state index in [2.05, 4.69) is 5.32 Å². The highest BCUT2D eigenvalue weighted by molar-refractivity contribution is 5.96. The molecule has 5 nitrogen and oxygen atoms in total. The fourth-order valence-electron chi connectivity index (χ4n) is 2.04. The number of carbonyl (C=O) groups is 2. The molecule has 0 bridgehead atoms. The Morgan fingerprint density at radius 2 is 2.19 bits per heavy atom. The van der Waals surface area contributed by atoms with E-state index in [1.807, 2.05) is 0 Å². The summed E-state index contributed by atoms with van der Waals surface area (Å²) in [5.74, 6) is -1.00. The fourth-order valence-corrected chi connectivity index (χ4v) is 2.04. The number of likely N-dealkylation sites (N-methyl/N-ethyl adjacent to an activating group) is 1. The first kappa shape index (κ1) is 15.4. The van der Waals surface area contributed by atoms with Gasteiger partial charge in [-0.2, -0.15) is 0 Å². The number of nitrogens with zero attached hydrogens (tertiary/aromatic N) is 1. The first-order valence-corrected chi connectivity index (χ1v) is 6.93. The van der Waals surface area contributed by atoms with E-state index in [1.165, 1.54) is 23.1 Å². The molecule has 2 amide bonds. The van der Waals surface area contributed by atoms with E-state index in [-0.39, 0.29) is 24.6 Å². The van der Waals surface area contributed by atoms with Gasteiger partial charge in [-0.1, -0.05) is 6.07 Å². The number of hydrogen-bond donors (Lipinski definition) is 2. The fraction of sp³-hybridized carbons (Fsp3) is 0.467. The highest BCUT2D eigenvalue weighted by Crippen LogP contribution is 2.32. The zero-order chi connectivity index (χ0) is 15.4. The molecule has 1 atom stereocenters. The van der Waals surface area contributed by atoms with Gasteiger partial charge < -0.3 is 15.3 Å². The van der Waals surface area contributed by atoms with Gasteiger partial charge in [0.25, 0.3) is 5.91 Å². The number of nitrogens with one attached hydrogen (secondary N) is 1. The van der Waals surface area contributed by atoms with E-state index < -0.39 is 17.8 Å². The third kappa shape index (κ3) is 4.53. The van der Waals surface area contributed by atoms with Crippen molar-refractivity contribution in [2.45, 2.75) is 18.9 Å². The molecule has 6 heteroatoms. The lowest BCUT2D eigenvalue weighted by Gasteiger charge is -2.20. The van der Waals surface area contributed by atoms with Crippen LogP contribution in [0.5, 0.6) is 0 Å². The summed E-state index contributed by atoms with van der Waals surface area (Å²) in [6, 6.07) is 5.27. The maximum atomic E-state index is 13.0. The van der Waals surface area contributed by atoms with Gasteiger partial charge >= 0.3 is 0 Å². The Morgan fingerprint density at radius 3 is 2.81 bits per heavy atom. The second kappa shape index (κ2) is 6.67. The van der Waals surface area contributed by atoms with Crippen molar-refractivity contribution in [2.75, 3.05) is 20.1 Å². The molecule has 0 saturated heterocycles. The molecule has 1 unspecified atom stereocenters. The SMILES string of the molecule is CN(CC(O)C1CC1)C(=O)CNC(=O)c1cccc(F)c1. The van der Waals surface area contributed by atoms with Crippen molar-refractivity contribution < 1.29 is 19.1 Å². The van der Waals surface area contributed by atoms with Crippen molar-refractivity contribution in [1.82, 2.24) is 10.2 Å². The van der Waals surface area contributed by atoms with Gasteiger partial charge in [-0.05, 0) is 37.0 Å². The summed E-state index contributed by atoms with van der Waals surface area (Å²) in [6.07, 6.45) is 1.50. The summed E-state index contributed by atoms with van der Waals surface area (Å²) >= 11 is 0. The molecule has 0 radical (unpaired) electrons. The zero-order valence-electron chi connectivity index (χ0n) is 11.9. The summed E-state index contributed by atoms with van der Waals surface area (Å²) in [7, 11) is 1.59. The summed E-state index contributed by atoms with van der Waals surface area (Å²) in [6.45, 7) is 0.0859. The normalized spacial score (nSPS) is 15.4. The summed E-state index contributed by atoms with van der Waals surface area (Å²) < 4.78 is 13.0. The minimum atomic E-state index is -0.502. The van der Waals surface area contributed by atoms with Gasteiger partial charge in [-0.3, -0.25) is 9.59 Å². The van der Waals surface area contributed by atoms with Crippen LogP contribution in [0.4, 0.5) is 4.39 Å². The van der Waals surface area contributed by atoms with Crippen molar-refractivity contribution in [1.29, 1.82) is 0 Å². The Morgan fingerprint density at radius 1 is 1.48 bits per heavy atom. The number of rotatable bonds is 6. The van der Waals surface area contributed by atoms with Gasteiger partial charge in [0.05, 0.1) is 12.6 Å². The van der Waals surface area contributed by atoms with E-state index in [0.29, 0.717) is 5.92 Å². The maximum Gasteiger partial charge on any atom is 0.251 e. The minimum absolute atomic E-state index is 0.170. The molecule has 1 aromatic carbocycles. The molecule has 2 N–H and O–H groups in total. The molecule has 0 spiro atoms. The Labute approximate surface area is 122 Å². The molecular weight excluding hydrogens is 275 g/mol. The second-order valence-corrected chi connectivity index (χ2v) is 5.37. The molecule has 0 heterocycles. The van der Waals surface area contributed by atoms with Gasteiger partial charge in [0.2, 0.25) is 5.91 Å². The minimum Gasteiger partial charge on any atom is -0.391 e. The van der Waals surface area contributed by atoms with Gasteiger partial charge in [0, 0.05) is 19.2 Å². The molecule has 114 valence electrons. The van der Waals surface area contributed by atoms with Crippen LogP contribution >= 0.6 is 0 Å². The molecule has 2 rings (SSSR count). The molecular formula is C15H19FN2O3. The molecule has 1 aliphatic carbocycles.